The second kappa shape index (κ2) is 8.50. The van der Waals surface area contributed by atoms with Crippen molar-refractivity contribution in [3.8, 4) is 5.75 Å². The number of carboxylic acid groups (broad SMARTS) is 1. The van der Waals surface area contributed by atoms with Gasteiger partial charge in [0.2, 0.25) is 0 Å². The Morgan fingerprint density at radius 1 is 1.03 bits per heavy atom. The van der Waals surface area contributed by atoms with Crippen molar-refractivity contribution in [2.45, 2.75) is 57.1 Å². The number of carboxylic acids is 1. The van der Waals surface area contributed by atoms with Gasteiger partial charge in [0.15, 0.2) is 0 Å². The number of amides is 1. The van der Waals surface area contributed by atoms with Gasteiger partial charge >= 0.3 is 23.8 Å². The molecule has 9 nitrogen and oxygen atoms in total. The maximum absolute atomic E-state index is 12.3. The fourth-order valence-electron chi connectivity index (χ4n) is 3.52. The van der Waals surface area contributed by atoms with Gasteiger partial charge in [-0.3, -0.25) is 9.59 Å². The summed E-state index contributed by atoms with van der Waals surface area (Å²) in [5.74, 6) is -0.869. The van der Waals surface area contributed by atoms with Gasteiger partial charge in [0.25, 0.3) is 0 Å². The van der Waals surface area contributed by atoms with Gasteiger partial charge in [0, 0.05) is 11.7 Å². The van der Waals surface area contributed by atoms with Crippen molar-refractivity contribution in [2.24, 2.45) is 5.92 Å². The molecule has 1 amide bonds. The Morgan fingerprint density at radius 3 is 2.38 bits per heavy atom. The standard InChI is InChI=1S/C20H24N4O5/c25-17(18-23-24-20(29-18)22-13-2-1-3-13)21-14-6-10-16(11-7-14)28-15-8-4-12(5-9-15)19(26)27/h6-7,10-13,15H,1-5,8-9H2,(H,21,25)(H,22,24)(H,26,27). The van der Waals surface area contributed by atoms with Crippen molar-refractivity contribution in [1.82, 2.24) is 10.2 Å². The first-order valence-corrected chi connectivity index (χ1v) is 9.98. The van der Waals surface area contributed by atoms with Crippen LogP contribution in [-0.4, -0.2) is 39.3 Å². The third kappa shape index (κ3) is 4.85. The molecule has 154 valence electrons. The maximum Gasteiger partial charge on any atom is 0.316 e. The van der Waals surface area contributed by atoms with E-state index < -0.39 is 11.9 Å². The summed E-state index contributed by atoms with van der Waals surface area (Å²) in [5.41, 5.74) is 0.587. The van der Waals surface area contributed by atoms with Crippen LogP contribution in [0.15, 0.2) is 28.7 Å². The van der Waals surface area contributed by atoms with E-state index in [1.807, 2.05) is 0 Å². The maximum atomic E-state index is 12.3. The first-order valence-electron chi connectivity index (χ1n) is 9.98. The lowest BCUT2D eigenvalue weighted by atomic mass is 9.87. The molecule has 2 aromatic rings. The van der Waals surface area contributed by atoms with Crippen LogP contribution in [-0.2, 0) is 4.79 Å². The Bertz CT molecular complexity index is 854. The van der Waals surface area contributed by atoms with Gasteiger partial charge in [-0.1, -0.05) is 5.10 Å². The molecule has 3 N–H and O–H groups in total. The lowest BCUT2D eigenvalue weighted by molar-refractivity contribution is -0.143. The highest BCUT2D eigenvalue weighted by atomic mass is 16.5. The number of ether oxygens (including phenoxy) is 1. The summed E-state index contributed by atoms with van der Waals surface area (Å²) >= 11 is 0. The lowest BCUT2D eigenvalue weighted by Crippen LogP contribution is -2.27. The number of carbonyl (C=O) groups excluding carboxylic acids is 1. The fourth-order valence-corrected chi connectivity index (χ4v) is 3.52. The van der Waals surface area contributed by atoms with E-state index in [0.717, 1.165) is 25.7 Å². The van der Waals surface area contributed by atoms with Crippen molar-refractivity contribution in [2.75, 3.05) is 10.6 Å². The minimum Gasteiger partial charge on any atom is -0.490 e. The van der Waals surface area contributed by atoms with Gasteiger partial charge in [-0.2, -0.15) is 0 Å². The van der Waals surface area contributed by atoms with Gasteiger partial charge < -0.3 is 24.9 Å². The highest BCUT2D eigenvalue weighted by Crippen LogP contribution is 2.28. The zero-order valence-corrected chi connectivity index (χ0v) is 16.0. The predicted octanol–water partition coefficient (Wildman–Crippen LogP) is 3.31. The molecule has 0 saturated heterocycles. The minimum atomic E-state index is -0.726. The van der Waals surface area contributed by atoms with Crippen molar-refractivity contribution in [3.63, 3.8) is 0 Å². The third-order valence-electron chi connectivity index (χ3n) is 5.49. The van der Waals surface area contributed by atoms with E-state index in [4.69, 9.17) is 14.3 Å². The van der Waals surface area contributed by atoms with Crippen LogP contribution in [0, 0.1) is 5.92 Å². The van der Waals surface area contributed by atoms with Crippen LogP contribution in [0.2, 0.25) is 0 Å². The normalized spacial score (nSPS) is 21.8. The van der Waals surface area contributed by atoms with Gasteiger partial charge in [-0.25, -0.2) is 0 Å². The van der Waals surface area contributed by atoms with Gasteiger partial charge in [-0.05, 0) is 69.2 Å². The van der Waals surface area contributed by atoms with Crippen LogP contribution >= 0.6 is 0 Å². The Kier molecular flexibility index (Phi) is 5.64. The van der Waals surface area contributed by atoms with Crippen molar-refractivity contribution < 1.29 is 23.8 Å². The summed E-state index contributed by atoms with van der Waals surface area (Å²) in [6, 6.07) is 7.63. The SMILES string of the molecule is O=C(Nc1ccc(OC2CCC(C(=O)O)CC2)cc1)c1nnc(NC2CCC2)o1. The molecular formula is C20H24N4O5. The average molecular weight is 400 g/mol. The van der Waals surface area contributed by atoms with Gasteiger partial charge in [0.05, 0.1) is 12.0 Å². The van der Waals surface area contributed by atoms with E-state index in [1.54, 1.807) is 24.3 Å². The highest BCUT2D eigenvalue weighted by molar-refractivity contribution is 6.00. The molecule has 2 saturated carbocycles. The molecule has 1 aromatic carbocycles. The Hall–Kier alpha value is -3.10. The summed E-state index contributed by atoms with van der Waals surface area (Å²) in [7, 11) is 0. The van der Waals surface area contributed by atoms with E-state index >= 15 is 0 Å². The van der Waals surface area contributed by atoms with E-state index in [2.05, 4.69) is 20.8 Å². The second-order valence-corrected chi connectivity index (χ2v) is 7.59. The molecule has 1 aromatic heterocycles. The molecule has 2 aliphatic rings. The van der Waals surface area contributed by atoms with Crippen molar-refractivity contribution in [1.29, 1.82) is 0 Å². The van der Waals surface area contributed by atoms with Crippen molar-refractivity contribution >= 4 is 23.6 Å². The molecule has 2 fully saturated rings. The van der Waals surface area contributed by atoms with Gasteiger partial charge in [0.1, 0.15) is 5.75 Å². The number of aliphatic carboxylic acids is 1. The molecule has 0 radical (unpaired) electrons. The summed E-state index contributed by atoms with van der Waals surface area (Å²) in [5, 5.41) is 22.5. The summed E-state index contributed by atoms with van der Waals surface area (Å²) in [6.45, 7) is 0. The number of rotatable bonds is 7. The Labute approximate surface area is 167 Å². The number of aromatic nitrogens is 2. The largest absolute Gasteiger partial charge is 0.490 e. The predicted molar refractivity (Wildman–Crippen MR) is 104 cm³/mol. The van der Waals surface area contributed by atoms with Crippen LogP contribution in [0.4, 0.5) is 11.7 Å². The number of carbonyl (C=O) groups is 2. The number of benzene rings is 1. The fraction of sp³-hybridized carbons (Fsp3) is 0.500. The van der Waals surface area contributed by atoms with E-state index in [0.29, 0.717) is 30.3 Å². The quantitative estimate of drug-likeness (QED) is 0.646. The molecule has 0 aliphatic heterocycles. The van der Waals surface area contributed by atoms with E-state index in [1.165, 1.54) is 6.42 Å². The number of nitrogens with zero attached hydrogens (tertiary/aromatic N) is 2. The lowest BCUT2D eigenvalue weighted by Gasteiger charge is -2.26. The monoisotopic (exact) mass is 400 g/mol. The van der Waals surface area contributed by atoms with Crippen molar-refractivity contribution in [3.05, 3.63) is 30.2 Å². The third-order valence-corrected chi connectivity index (χ3v) is 5.49. The zero-order chi connectivity index (χ0) is 20.2. The molecule has 0 bridgehead atoms. The minimum absolute atomic E-state index is 0.0195. The van der Waals surface area contributed by atoms with E-state index in [-0.39, 0.29) is 23.9 Å². The number of hydrogen-bond acceptors (Lipinski definition) is 7. The molecule has 29 heavy (non-hydrogen) atoms. The highest BCUT2D eigenvalue weighted by Gasteiger charge is 2.27. The molecule has 0 unspecified atom stereocenters. The molecule has 0 atom stereocenters. The first-order chi connectivity index (χ1) is 14.1. The topological polar surface area (TPSA) is 127 Å². The molecule has 0 spiro atoms. The summed E-state index contributed by atoms with van der Waals surface area (Å²) < 4.78 is 11.3. The van der Waals surface area contributed by atoms with Crippen LogP contribution in [0.5, 0.6) is 5.75 Å². The average Bonchev–Trinajstić information content (AvgIpc) is 3.16. The Balaban J connectivity index is 1.27. The second-order valence-electron chi connectivity index (χ2n) is 7.59. The number of nitrogens with one attached hydrogen (secondary N) is 2. The van der Waals surface area contributed by atoms with E-state index in [9.17, 15) is 9.59 Å². The molecule has 2 aliphatic carbocycles. The smallest absolute Gasteiger partial charge is 0.316 e. The molecule has 4 rings (SSSR count). The number of hydrogen-bond donors (Lipinski definition) is 3. The van der Waals surface area contributed by atoms with Crippen LogP contribution in [0.1, 0.15) is 55.6 Å². The summed E-state index contributed by atoms with van der Waals surface area (Å²) in [6.07, 6.45) is 6.06. The first kappa shape index (κ1) is 19.2. The van der Waals surface area contributed by atoms with Crippen LogP contribution in [0.25, 0.3) is 0 Å². The number of anilines is 2. The van der Waals surface area contributed by atoms with Crippen LogP contribution in [0.3, 0.4) is 0 Å². The Morgan fingerprint density at radius 2 is 1.76 bits per heavy atom. The molecule has 1 heterocycles. The molecule has 9 heteroatoms. The molecular weight excluding hydrogens is 376 g/mol. The van der Waals surface area contributed by atoms with Gasteiger partial charge in [-0.15, -0.1) is 5.10 Å². The van der Waals surface area contributed by atoms with Crippen LogP contribution < -0.4 is 15.4 Å². The zero-order valence-electron chi connectivity index (χ0n) is 16.0. The summed E-state index contributed by atoms with van der Waals surface area (Å²) in [4.78, 5) is 23.3.